The van der Waals surface area contributed by atoms with Gasteiger partial charge in [0.05, 0.1) is 36.7 Å². The van der Waals surface area contributed by atoms with Gasteiger partial charge in [-0.25, -0.2) is 17.4 Å². The van der Waals surface area contributed by atoms with Crippen LogP contribution in [0, 0.1) is 5.92 Å². The van der Waals surface area contributed by atoms with Crippen LogP contribution in [0.2, 0.25) is 0 Å². The Morgan fingerprint density at radius 3 is 2.63 bits per heavy atom. The Balaban J connectivity index is 1.25. The van der Waals surface area contributed by atoms with Crippen molar-refractivity contribution < 1.29 is 22.7 Å². The third-order valence-electron chi connectivity index (χ3n) is 8.31. The molecular weight excluding hydrogens is 542 g/mol. The molecule has 10 nitrogen and oxygen atoms in total. The van der Waals surface area contributed by atoms with E-state index in [0.717, 1.165) is 24.8 Å². The summed E-state index contributed by atoms with van der Waals surface area (Å²) in [4.78, 5) is 19.7. The molecule has 1 aliphatic carbocycles. The first-order valence-electron chi connectivity index (χ1n) is 13.6. The SMILES string of the molecule is COc1ccc(CN2C(=O)CC3CCC(Nc4c(N)cnc5c4ccn5S(=O)(=O)c4ccccc4)CC32)c(OC)c1. The molecule has 1 aliphatic heterocycles. The number of carbonyl (C=O) groups is 1. The van der Waals surface area contributed by atoms with Crippen molar-refractivity contribution in [3.63, 3.8) is 0 Å². The number of likely N-dealkylation sites (tertiary alicyclic amines) is 1. The number of pyridine rings is 1. The monoisotopic (exact) mass is 575 g/mol. The Morgan fingerprint density at radius 1 is 1.07 bits per heavy atom. The molecule has 1 amide bonds. The second-order valence-corrected chi connectivity index (χ2v) is 12.5. The fourth-order valence-electron chi connectivity index (χ4n) is 6.20. The highest BCUT2D eigenvalue weighted by Crippen LogP contribution is 2.41. The quantitative estimate of drug-likeness (QED) is 0.319. The summed E-state index contributed by atoms with van der Waals surface area (Å²) in [5.41, 5.74) is 8.71. The van der Waals surface area contributed by atoms with Crippen molar-refractivity contribution in [1.29, 1.82) is 0 Å². The maximum atomic E-state index is 13.3. The van der Waals surface area contributed by atoms with Gasteiger partial charge in [0.2, 0.25) is 5.91 Å². The molecule has 3 unspecified atom stereocenters. The number of hydrogen-bond donors (Lipinski definition) is 2. The topological polar surface area (TPSA) is 129 Å². The largest absolute Gasteiger partial charge is 0.497 e. The smallest absolute Gasteiger partial charge is 0.269 e. The minimum atomic E-state index is -3.83. The third-order valence-corrected chi connectivity index (χ3v) is 9.99. The molecule has 2 fully saturated rings. The van der Waals surface area contributed by atoms with Crippen LogP contribution in [0.3, 0.4) is 0 Å². The van der Waals surface area contributed by atoms with Gasteiger partial charge in [0, 0.05) is 48.3 Å². The first-order chi connectivity index (χ1) is 19.8. The van der Waals surface area contributed by atoms with Crippen molar-refractivity contribution in [2.75, 3.05) is 25.3 Å². The minimum Gasteiger partial charge on any atom is -0.497 e. The number of nitrogens with one attached hydrogen (secondary N) is 1. The number of hydrogen-bond acceptors (Lipinski definition) is 8. The molecule has 0 bridgehead atoms. The van der Waals surface area contributed by atoms with E-state index >= 15 is 0 Å². The van der Waals surface area contributed by atoms with Gasteiger partial charge in [-0.15, -0.1) is 0 Å². The molecule has 1 saturated heterocycles. The van der Waals surface area contributed by atoms with Gasteiger partial charge in [0.25, 0.3) is 10.0 Å². The Kier molecular flexibility index (Phi) is 6.98. The summed E-state index contributed by atoms with van der Waals surface area (Å²) < 4.78 is 38.8. The van der Waals surface area contributed by atoms with Crippen LogP contribution in [0.1, 0.15) is 31.2 Å². The highest BCUT2D eigenvalue weighted by molar-refractivity contribution is 7.90. The van der Waals surface area contributed by atoms with Crippen molar-refractivity contribution >= 4 is 38.3 Å². The van der Waals surface area contributed by atoms with E-state index in [-0.39, 0.29) is 28.8 Å². The third kappa shape index (κ3) is 4.84. The molecule has 2 aromatic carbocycles. The number of fused-ring (bicyclic) bond motifs is 2. The number of anilines is 2. The van der Waals surface area contributed by atoms with Crippen LogP contribution >= 0.6 is 0 Å². The zero-order valence-corrected chi connectivity index (χ0v) is 23.8. The molecule has 3 heterocycles. The number of rotatable bonds is 8. The Labute approximate surface area is 239 Å². The molecular formula is C30H33N5O5S. The van der Waals surface area contributed by atoms with Crippen molar-refractivity contribution in [3.05, 3.63) is 72.6 Å². The Bertz CT molecular complexity index is 1710. The van der Waals surface area contributed by atoms with Crippen LogP contribution in [-0.4, -0.2) is 54.5 Å². The van der Waals surface area contributed by atoms with Crippen LogP contribution in [-0.2, 0) is 21.4 Å². The standard InChI is InChI=1S/C30H33N5O5S/c1-39-22-11-9-20(27(16-22)40-2)18-34-26-15-21(10-8-19(26)14-28(34)36)33-29-24-12-13-35(30(24)32-17-25(29)31)41(37,38)23-6-4-3-5-7-23/h3-7,9,11-13,16-17,19,21,26H,8,10,14-15,18,31H2,1-2H3,(H,32,33). The highest BCUT2D eigenvalue weighted by atomic mass is 32.2. The van der Waals surface area contributed by atoms with E-state index < -0.39 is 10.0 Å². The zero-order chi connectivity index (χ0) is 28.7. The normalized spacial score (nSPS) is 20.7. The molecule has 6 rings (SSSR count). The molecule has 0 radical (unpaired) electrons. The molecule has 3 atom stereocenters. The first kappa shape index (κ1) is 26.9. The summed E-state index contributed by atoms with van der Waals surface area (Å²) in [6.07, 6.45) is 6.08. The van der Waals surface area contributed by atoms with Gasteiger partial charge in [0.1, 0.15) is 11.5 Å². The first-order valence-corrected chi connectivity index (χ1v) is 15.1. The van der Waals surface area contributed by atoms with Gasteiger partial charge in [0.15, 0.2) is 5.65 Å². The molecule has 2 aliphatic rings. The number of nitrogen functional groups attached to an aromatic ring is 1. The molecule has 214 valence electrons. The van der Waals surface area contributed by atoms with Crippen molar-refractivity contribution in [2.45, 2.75) is 49.2 Å². The lowest BCUT2D eigenvalue weighted by molar-refractivity contribution is -0.129. The van der Waals surface area contributed by atoms with E-state index in [1.54, 1.807) is 50.6 Å². The van der Waals surface area contributed by atoms with E-state index in [1.807, 2.05) is 23.1 Å². The molecule has 1 saturated carbocycles. The number of nitrogens with zero attached hydrogens (tertiary/aromatic N) is 3. The molecule has 3 N–H and O–H groups in total. The number of amides is 1. The molecule has 0 spiro atoms. The lowest BCUT2D eigenvalue weighted by Gasteiger charge is -2.37. The van der Waals surface area contributed by atoms with E-state index in [4.69, 9.17) is 15.2 Å². The Morgan fingerprint density at radius 2 is 1.88 bits per heavy atom. The number of ether oxygens (including phenoxy) is 2. The predicted molar refractivity (Wildman–Crippen MR) is 156 cm³/mol. The zero-order valence-electron chi connectivity index (χ0n) is 23.0. The second kappa shape index (κ2) is 10.6. The van der Waals surface area contributed by atoms with Crippen LogP contribution in [0.25, 0.3) is 11.0 Å². The summed E-state index contributed by atoms with van der Waals surface area (Å²) >= 11 is 0. The maximum absolute atomic E-state index is 13.3. The fraction of sp³-hybridized carbons (Fsp3) is 0.333. The number of benzene rings is 2. The average Bonchev–Trinajstić information content (AvgIpc) is 3.56. The van der Waals surface area contributed by atoms with Crippen LogP contribution in [0.15, 0.2) is 71.9 Å². The van der Waals surface area contributed by atoms with Gasteiger partial charge in [-0.2, -0.15) is 0 Å². The molecule has 2 aromatic heterocycles. The Hall–Kier alpha value is -4.25. The van der Waals surface area contributed by atoms with Crippen LogP contribution in [0.5, 0.6) is 11.5 Å². The summed E-state index contributed by atoms with van der Waals surface area (Å²) in [6.45, 7) is 0.460. The number of aromatic nitrogens is 2. The lowest BCUT2D eigenvalue weighted by Crippen LogP contribution is -2.42. The van der Waals surface area contributed by atoms with Gasteiger partial charge in [-0.05, 0) is 55.5 Å². The molecule has 11 heteroatoms. The highest BCUT2D eigenvalue weighted by Gasteiger charge is 2.43. The van der Waals surface area contributed by atoms with Crippen molar-refractivity contribution in [1.82, 2.24) is 13.9 Å². The summed E-state index contributed by atoms with van der Waals surface area (Å²) in [7, 11) is -0.600. The van der Waals surface area contributed by atoms with Gasteiger partial charge < -0.3 is 25.4 Å². The van der Waals surface area contributed by atoms with Crippen molar-refractivity contribution in [2.24, 2.45) is 5.92 Å². The van der Waals surface area contributed by atoms with Gasteiger partial charge in [-0.1, -0.05) is 18.2 Å². The predicted octanol–water partition coefficient (Wildman–Crippen LogP) is 4.25. The average molecular weight is 576 g/mol. The minimum absolute atomic E-state index is 0.0457. The van der Waals surface area contributed by atoms with E-state index in [1.165, 1.54) is 16.4 Å². The lowest BCUT2D eigenvalue weighted by atomic mass is 9.82. The van der Waals surface area contributed by atoms with Gasteiger partial charge >= 0.3 is 0 Å². The second-order valence-electron chi connectivity index (χ2n) is 10.6. The van der Waals surface area contributed by atoms with Crippen LogP contribution < -0.4 is 20.5 Å². The molecule has 41 heavy (non-hydrogen) atoms. The van der Waals surface area contributed by atoms with Crippen LogP contribution in [0.4, 0.5) is 11.4 Å². The number of carbonyl (C=O) groups excluding carboxylic acids is 1. The number of methoxy groups -OCH3 is 2. The summed E-state index contributed by atoms with van der Waals surface area (Å²) in [6, 6.07) is 15.8. The fourth-order valence-corrected chi connectivity index (χ4v) is 7.52. The number of nitrogens with two attached hydrogens (primary N) is 1. The molecule has 4 aromatic rings. The van der Waals surface area contributed by atoms with Gasteiger partial charge in [-0.3, -0.25) is 4.79 Å². The van der Waals surface area contributed by atoms with E-state index in [9.17, 15) is 13.2 Å². The van der Waals surface area contributed by atoms with E-state index in [2.05, 4.69) is 10.3 Å². The summed E-state index contributed by atoms with van der Waals surface area (Å²) in [5, 5.41) is 4.23. The summed E-state index contributed by atoms with van der Waals surface area (Å²) in [5.74, 6) is 1.82. The maximum Gasteiger partial charge on any atom is 0.269 e. The van der Waals surface area contributed by atoms with Crippen molar-refractivity contribution in [3.8, 4) is 11.5 Å². The van der Waals surface area contributed by atoms with E-state index in [0.29, 0.717) is 46.9 Å².